The molecule has 1 aromatic carbocycles. The molecule has 3 rings (SSSR count). The summed E-state index contributed by atoms with van der Waals surface area (Å²) in [4.78, 5) is 39.8. The number of nitrogens with one attached hydrogen (secondary N) is 1. The highest BCUT2D eigenvalue weighted by Gasteiger charge is 2.20. The van der Waals surface area contributed by atoms with E-state index in [1.54, 1.807) is 0 Å². The predicted octanol–water partition coefficient (Wildman–Crippen LogP) is 4.67. The number of nitrogens with zero attached hydrogens (tertiary/aromatic N) is 2. The van der Waals surface area contributed by atoms with E-state index in [0.29, 0.717) is 15.8 Å². The van der Waals surface area contributed by atoms with Gasteiger partial charge in [0.05, 0.1) is 15.4 Å². The van der Waals surface area contributed by atoms with E-state index in [1.165, 1.54) is 59.7 Å². The number of amides is 1. The zero-order valence-electron chi connectivity index (χ0n) is 17.1. The molecule has 31 heavy (non-hydrogen) atoms. The van der Waals surface area contributed by atoms with Crippen LogP contribution < -0.4 is 5.32 Å². The van der Waals surface area contributed by atoms with Crippen molar-refractivity contribution in [3.63, 3.8) is 0 Å². The van der Waals surface area contributed by atoms with Crippen molar-refractivity contribution >= 4 is 40.7 Å². The summed E-state index contributed by atoms with van der Waals surface area (Å²) in [6, 6.07) is 4.11. The summed E-state index contributed by atoms with van der Waals surface area (Å²) in [5.74, 6) is -1.18. The number of hydrogen-bond donors (Lipinski definition) is 1. The molecule has 1 amide bonds. The SMILES string of the molecule is Cc1csc(Sc2ccc(C(=O)OCC(=O)NCCC3=CCCCC3)cc2[N+](=O)[O-])n1. The Labute approximate surface area is 188 Å². The lowest BCUT2D eigenvalue weighted by Gasteiger charge is -2.13. The average molecular weight is 462 g/mol. The fourth-order valence-electron chi connectivity index (χ4n) is 3.11. The molecule has 0 saturated carbocycles. The molecule has 2 aromatic rings. The summed E-state index contributed by atoms with van der Waals surface area (Å²) in [7, 11) is 0. The second-order valence-corrected chi connectivity index (χ2v) is 9.23. The number of carbonyl (C=O) groups excluding carboxylic acids is 2. The van der Waals surface area contributed by atoms with E-state index >= 15 is 0 Å². The maximum Gasteiger partial charge on any atom is 0.338 e. The third-order valence-corrected chi connectivity index (χ3v) is 6.80. The van der Waals surface area contributed by atoms with Gasteiger partial charge in [0.15, 0.2) is 10.9 Å². The first-order valence-corrected chi connectivity index (χ1v) is 11.6. The van der Waals surface area contributed by atoms with Crippen molar-refractivity contribution in [2.24, 2.45) is 0 Å². The summed E-state index contributed by atoms with van der Waals surface area (Å²) in [5.41, 5.74) is 2.00. The summed E-state index contributed by atoms with van der Waals surface area (Å²) >= 11 is 2.56. The molecule has 0 spiro atoms. The number of carbonyl (C=O) groups is 2. The van der Waals surface area contributed by atoms with E-state index in [9.17, 15) is 19.7 Å². The van der Waals surface area contributed by atoms with Crippen LogP contribution in [0.2, 0.25) is 0 Å². The van der Waals surface area contributed by atoms with Gasteiger partial charge in [-0.25, -0.2) is 9.78 Å². The van der Waals surface area contributed by atoms with Gasteiger partial charge in [-0.2, -0.15) is 0 Å². The third kappa shape index (κ3) is 6.90. The Bertz CT molecular complexity index is 1000. The maximum atomic E-state index is 12.3. The lowest BCUT2D eigenvalue weighted by molar-refractivity contribution is -0.387. The number of esters is 1. The first kappa shape index (κ1) is 23.0. The second-order valence-electron chi connectivity index (χ2n) is 7.08. The van der Waals surface area contributed by atoms with Crippen molar-refractivity contribution in [1.29, 1.82) is 0 Å². The highest BCUT2D eigenvalue weighted by molar-refractivity contribution is 8.01. The lowest BCUT2D eigenvalue weighted by atomic mass is 9.97. The van der Waals surface area contributed by atoms with Crippen molar-refractivity contribution in [2.75, 3.05) is 13.2 Å². The van der Waals surface area contributed by atoms with Crippen LogP contribution in [0.4, 0.5) is 5.69 Å². The third-order valence-electron chi connectivity index (χ3n) is 4.67. The van der Waals surface area contributed by atoms with Crippen LogP contribution in [0.3, 0.4) is 0 Å². The Morgan fingerprint density at radius 3 is 2.87 bits per heavy atom. The van der Waals surface area contributed by atoms with Crippen molar-refractivity contribution in [3.8, 4) is 0 Å². The molecule has 1 aliphatic rings. The van der Waals surface area contributed by atoms with Crippen LogP contribution in [0.1, 0.15) is 48.2 Å². The van der Waals surface area contributed by atoms with Crippen molar-refractivity contribution in [2.45, 2.75) is 48.3 Å². The number of rotatable bonds is 9. The molecule has 1 aliphatic carbocycles. The summed E-state index contributed by atoms with van der Waals surface area (Å²) in [6.07, 6.45) is 7.58. The Balaban J connectivity index is 1.53. The molecule has 1 aromatic heterocycles. The van der Waals surface area contributed by atoms with E-state index in [2.05, 4.69) is 16.4 Å². The van der Waals surface area contributed by atoms with Crippen LogP contribution in [-0.2, 0) is 9.53 Å². The van der Waals surface area contributed by atoms with Crippen molar-refractivity contribution < 1.29 is 19.2 Å². The molecule has 0 bridgehead atoms. The number of allylic oxidation sites excluding steroid dienone is 1. The molecule has 0 aliphatic heterocycles. The van der Waals surface area contributed by atoms with Gasteiger partial charge in [-0.1, -0.05) is 23.4 Å². The number of aromatic nitrogens is 1. The van der Waals surface area contributed by atoms with Crippen molar-refractivity contribution in [1.82, 2.24) is 10.3 Å². The van der Waals surface area contributed by atoms with E-state index in [-0.39, 0.29) is 11.3 Å². The molecule has 0 unspecified atom stereocenters. The Morgan fingerprint density at radius 1 is 1.35 bits per heavy atom. The number of ether oxygens (including phenoxy) is 1. The molecule has 0 saturated heterocycles. The highest BCUT2D eigenvalue weighted by Crippen LogP contribution is 2.36. The fourth-order valence-corrected chi connectivity index (χ4v) is 4.99. The minimum atomic E-state index is -0.783. The van der Waals surface area contributed by atoms with Gasteiger partial charge in [0.1, 0.15) is 0 Å². The van der Waals surface area contributed by atoms with Gasteiger partial charge >= 0.3 is 5.97 Å². The van der Waals surface area contributed by atoms with Crippen LogP contribution in [0, 0.1) is 17.0 Å². The monoisotopic (exact) mass is 461 g/mol. The van der Waals surface area contributed by atoms with E-state index in [1.807, 2.05) is 12.3 Å². The Morgan fingerprint density at radius 2 is 2.19 bits per heavy atom. The maximum absolute atomic E-state index is 12.3. The minimum absolute atomic E-state index is 0.0199. The van der Waals surface area contributed by atoms with Crippen LogP contribution in [-0.4, -0.2) is 34.9 Å². The summed E-state index contributed by atoms with van der Waals surface area (Å²) in [6.45, 7) is 1.91. The molecular weight excluding hydrogens is 438 g/mol. The van der Waals surface area contributed by atoms with E-state index in [4.69, 9.17) is 4.74 Å². The molecule has 164 valence electrons. The van der Waals surface area contributed by atoms with E-state index < -0.39 is 23.4 Å². The van der Waals surface area contributed by atoms with Gasteiger partial charge in [0, 0.05) is 23.7 Å². The summed E-state index contributed by atoms with van der Waals surface area (Å²) < 4.78 is 5.70. The zero-order chi connectivity index (χ0) is 22.2. The zero-order valence-corrected chi connectivity index (χ0v) is 18.7. The standard InChI is InChI=1S/C21H23N3O5S2/c1-14-13-30-21(23-14)31-18-8-7-16(11-17(18)24(27)28)20(26)29-12-19(25)22-10-9-15-5-3-2-4-6-15/h5,7-8,11,13H,2-4,6,9-10,12H2,1H3,(H,22,25). The van der Waals surface area contributed by atoms with Gasteiger partial charge in [-0.3, -0.25) is 14.9 Å². The topological polar surface area (TPSA) is 111 Å². The molecular formula is C21H23N3O5S2. The predicted molar refractivity (Wildman–Crippen MR) is 119 cm³/mol. The number of benzene rings is 1. The molecule has 1 N–H and O–H groups in total. The Kier molecular flexibility index (Phi) is 8.19. The van der Waals surface area contributed by atoms with Crippen molar-refractivity contribution in [3.05, 3.63) is 56.6 Å². The molecule has 0 atom stereocenters. The molecule has 1 heterocycles. The second kappa shape index (κ2) is 11.1. The van der Waals surface area contributed by atoms with Gasteiger partial charge in [0.25, 0.3) is 11.6 Å². The quantitative estimate of drug-likeness (QED) is 0.250. The number of thiazole rings is 1. The normalized spacial score (nSPS) is 13.4. The summed E-state index contributed by atoms with van der Waals surface area (Å²) in [5, 5.41) is 16.0. The smallest absolute Gasteiger partial charge is 0.338 e. The van der Waals surface area contributed by atoms with E-state index in [0.717, 1.165) is 25.0 Å². The lowest BCUT2D eigenvalue weighted by Crippen LogP contribution is -2.29. The van der Waals surface area contributed by atoms with Gasteiger partial charge in [-0.15, -0.1) is 11.3 Å². The first-order valence-electron chi connectivity index (χ1n) is 9.92. The van der Waals surface area contributed by atoms with Gasteiger partial charge in [0.2, 0.25) is 0 Å². The van der Waals surface area contributed by atoms with Crippen LogP contribution in [0.25, 0.3) is 0 Å². The van der Waals surface area contributed by atoms with Gasteiger partial charge in [-0.05, 0) is 51.2 Å². The largest absolute Gasteiger partial charge is 0.452 e. The molecule has 0 radical (unpaired) electrons. The molecule has 0 fully saturated rings. The minimum Gasteiger partial charge on any atom is -0.452 e. The average Bonchev–Trinajstić information content (AvgIpc) is 3.17. The van der Waals surface area contributed by atoms with Crippen LogP contribution >= 0.6 is 23.1 Å². The highest BCUT2D eigenvalue weighted by atomic mass is 32.2. The number of nitro groups is 1. The van der Waals surface area contributed by atoms with Gasteiger partial charge < -0.3 is 10.1 Å². The van der Waals surface area contributed by atoms with Crippen LogP contribution in [0.15, 0.2) is 44.5 Å². The number of aryl methyl sites for hydroxylation is 1. The Hall–Kier alpha value is -2.72. The molecule has 10 heteroatoms. The van der Waals surface area contributed by atoms with Crippen LogP contribution in [0.5, 0.6) is 0 Å². The fraction of sp³-hybridized carbons (Fsp3) is 0.381. The molecule has 8 nitrogen and oxygen atoms in total. The first-order chi connectivity index (χ1) is 14.9. The number of nitro benzene ring substituents is 1. The number of hydrogen-bond acceptors (Lipinski definition) is 8.